The van der Waals surface area contributed by atoms with Crippen LogP contribution in [0.4, 0.5) is 0 Å². The minimum absolute atomic E-state index is 0. The normalized spacial score (nSPS) is 11.8. The van der Waals surface area contributed by atoms with E-state index in [0.29, 0.717) is 25.7 Å². The van der Waals surface area contributed by atoms with Crippen molar-refractivity contribution in [3.05, 3.63) is 107 Å². The maximum absolute atomic E-state index is 12.9. The van der Waals surface area contributed by atoms with Crippen molar-refractivity contribution in [1.29, 1.82) is 0 Å². The maximum atomic E-state index is 12.9. The number of unbranched alkanes of at least 4 members (excludes halogenated alkanes) is 56. The average Bonchev–Trinajstić information content (AvgIpc) is 0.814. The first-order chi connectivity index (χ1) is 54.6. The molecular weight excluding hydrogens is 1480 g/mol. The number of carbonyl (C=O) groups excluding carboxylic acids is 4. The number of rotatable bonds is 78. The van der Waals surface area contributed by atoms with Crippen LogP contribution in [0.2, 0.25) is 0 Å². The summed E-state index contributed by atoms with van der Waals surface area (Å²) in [5, 5.41) is 0. The molecule has 0 spiro atoms. The molecule has 0 aliphatic rings. The molecule has 0 N–H and O–H groups in total. The third-order valence-electron chi connectivity index (χ3n) is 21.0. The van der Waals surface area contributed by atoms with Crippen molar-refractivity contribution >= 4 is 81.9 Å². The Kier molecular flexibility index (Phi) is 78.2. The van der Waals surface area contributed by atoms with Crippen molar-refractivity contribution in [1.82, 2.24) is 0 Å². The zero-order valence-electron chi connectivity index (χ0n) is 72.4. The van der Waals surface area contributed by atoms with Gasteiger partial charge in [0.05, 0.1) is 58.5 Å². The molecule has 0 unspecified atom stereocenters. The van der Waals surface area contributed by atoms with Crippen LogP contribution in [0.5, 0.6) is 0 Å². The van der Waals surface area contributed by atoms with E-state index < -0.39 is 53.9 Å². The fourth-order valence-corrected chi connectivity index (χ4v) is 14.8. The van der Waals surface area contributed by atoms with Crippen molar-refractivity contribution in [2.45, 2.75) is 448 Å². The third kappa shape index (κ3) is 67.9. The average molecular weight is 1640 g/mol. The predicted molar refractivity (Wildman–Crippen MR) is 470 cm³/mol. The molecule has 17 heteroatoms. The van der Waals surface area contributed by atoms with Gasteiger partial charge in [-0.2, -0.15) is 0 Å². The van der Waals surface area contributed by atoms with Crippen LogP contribution in [0.15, 0.2) is 94.8 Å². The molecule has 0 amide bonds. The molecule has 0 aliphatic heterocycles. The Morgan fingerprint density at radius 1 is 0.239 bits per heavy atom. The molecule has 0 atom stereocenters. The van der Waals surface area contributed by atoms with E-state index in [2.05, 4.69) is 76.3 Å². The van der Waals surface area contributed by atoms with Crippen LogP contribution in [-0.4, -0.2) is 114 Å². The monoisotopic (exact) mass is 1640 g/mol. The second kappa shape index (κ2) is 80.8. The summed E-state index contributed by atoms with van der Waals surface area (Å²) in [4.78, 5) is 50.5. The Morgan fingerprint density at radius 2 is 0.389 bits per heavy atom. The molecule has 0 aliphatic carbocycles. The fourth-order valence-electron chi connectivity index (χ4n) is 13.8. The summed E-state index contributed by atoms with van der Waals surface area (Å²) in [5.41, 5.74) is -0.749. The van der Waals surface area contributed by atoms with Gasteiger partial charge in [0.1, 0.15) is 20.2 Å². The van der Waals surface area contributed by atoms with Crippen molar-refractivity contribution in [3.8, 4) is 0 Å². The van der Waals surface area contributed by atoms with Gasteiger partial charge in [-0.1, -0.05) is 359 Å². The van der Waals surface area contributed by atoms with E-state index in [1.807, 2.05) is 0 Å². The summed E-state index contributed by atoms with van der Waals surface area (Å²) in [5.74, 6) is -3.17. The predicted octanol–water partition coefficient (Wildman–Crippen LogP) is 28.7. The molecule has 2 rings (SSSR count). The number of hydrogen-bond acceptors (Lipinski definition) is 14. The molecule has 0 saturated heterocycles. The van der Waals surface area contributed by atoms with E-state index in [4.69, 9.17) is 18.9 Å². The van der Waals surface area contributed by atoms with Gasteiger partial charge in [-0.3, -0.25) is 0 Å². The maximum Gasteiger partial charge on any atom is 2.00 e. The van der Waals surface area contributed by atoms with Gasteiger partial charge < -0.3 is 28.1 Å². The quantitative estimate of drug-likeness (QED) is 0.0150. The molecule has 0 heterocycles. The van der Waals surface area contributed by atoms with Crippen LogP contribution in [0, 0.1) is 0 Å². The van der Waals surface area contributed by atoms with Crippen LogP contribution >= 0.6 is 0 Å². The SMILES string of the molecule is CCCCCCCCCCCCCC/C=C/CCCCOC(=O)c1ccc(S(=O)(=O)[O-])cc1C(=O)OCCCC/C=C/CCCCCCCCCCCCCC.CCCCCCCCCCCCCC/C=C/CCCCOC(=O)c1ccc(S(=O)(=O)[O-])cc1C(=O)OCCCC/C=C/CCCCCCCCCCCCCC.[Ca+2]. The molecule has 14 nitrogen and oxygen atoms in total. The first-order valence-electron chi connectivity index (χ1n) is 46.1. The van der Waals surface area contributed by atoms with Gasteiger partial charge in [-0.25, -0.2) is 36.0 Å². The summed E-state index contributed by atoms with van der Waals surface area (Å²) in [7, 11) is -9.65. The van der Waals surface area contributed by atoms with Gasteiger partial charge in [0.2, 0.25) is 0 Å². The smallest absolute Gasteiger partial charge is 0.744 e. The summed E-state index contributed by atoms with van der Waals surface area (Å²) in [6, 6.07) is 6.20. The Labute approximate surface area is 722 Å². The summed E-state index contributed by atoms with van der Waals surface area (Å²) < 4.78 is 91.5. The first kappa shape index (κ1) is 109. The van der Waals surface area contributed by atoms with Gasteiger partial charge in [-0.05, 0) is 165 Å². The molecular formula is C96H162CaO14S2. The van der Waals surface area contributed by atoms with Crippen LogP contribution in [0.25, 0.3) is 0 Å². The van der Waals surface area contributed by atoms with E-state index in [9.17, 15) is 45.1 Å². The number of allylic oxidation sites excluding steroid dienone is 8. The zero-order valence-corrected chi connectivity index (χ0v) is 76.2. The number of esters is 4. The van der Waals surface area contributed by atoms with Gasteiger partial charge >= 0.3 is 61.6 Å². The molecule has 2 aromatic rings. The van der Waals surface area contributed by atoms with Crippen molar-refractivity contribution in [2.75, 3.05) is 26.4 Å². The van der Waals surface area contributed by atoms with Crippen molar-refractivity contribution in [3.63, 3.8) is 0 Å². The van der Waals surface area contributed by atoms with Gasteiger partial charge in [0.15, 0.2) is 0 Å². The van der Waals surface area contributed by atoms with Gasteiger partial charge in [0.25, 0.3) is 0 Å². The standard InChI is InChI=1S/2C48H82O7S.Ca/c2*1-3-5-7-9-11-13-15-17-19-21-23-25-27-29-31-33-35-37-41-54-47(49)45-40-39-44(56(51,52)53)43-46(45)48(50)55-42-38-36-34-32-30-28-26-24-22-20-18-16-14-12-10-8-6-4-2;/h2*29-32,39-40,43H,3-28,33-38,41-42H2,1-2H3,(H,51,52,53);/q;;+2/p-2/b2*31-29+,32-30+;. The number of ether oxygens (including phenoxy) is 4. The van der Waals surface area contributed by atoms with E-state index in [1.54, 1.807) is 0 Å². The van der Waals surface area contributed by atoms with Crippen LogP contribution < -0.4 is 0 Å². The Morgan fingerprint density at radius 3 is 0.558 bits per heavy atom. The number of benzene rings is 2. The van der Waals surface area contributed by atoms with E-state index in [1.165, 1.54) is 308 Å². The first-order valence-corrected chi connectivity index (χ1v) is 48.9. The zero-order chi connectivity index (χ0) is 81.6. The topological polar surface area (TPSA) is 220 Å². The van der Waals surface area contributed by atoms with E-state index >= 15 is 0 Å². The van der Waals surface area contributed by atoms with Crippen LogP contribution in [-0.2, 0) is 39.2 Å². The second-order valence-corrected chi connectivity index (χ2v) is 34.2. The molecule has 0 fully saturated rings. The minimum atomic E-state index is -4.83. The van der Waals surface area contributed by atoms with Crippen molar-refractivity contribution in [2.24, 2.45) is 0 Å². The Hall–Kier alpha value is -3.64. The molecule has 0 bridgehead atoms. The summed E-state index contributed by atoms with van der Waals surface area (Å²) in [6.45, 7) is 9.65. The fraction of sp³-hybridized carbons (Fsp3) is 0.750. The Bertz CT molecular complexity index is 2740. The minimum Gasteiger partial charge on any atom is -0.744 e. The Balaban J connectivity index is 0.00000220. The molecule has 2 aromatic carbocycles. The summed E-state index contributed by atoms with van der Waals surface area (Å²) in [6.07, 6.45) is 96.2. The third-order valence-corrected chi connectivity index (χ3v) is 22.7. The van der Waals surface area contributed by atoms with Gasteiger partial charge in [-0.15, -0.1) is 0 Å². The van der Waals surface area contributed by atoms with Crippen LogP contribution in [0.1, 0.15) is 480 Å². The number of hydrogen-bond donors (Lipinski definition) is 0. The molecule has 0 aromatic heterocycles. The van der Waals surface area contributed by atoms with E-state index in [-0.39, 0.29) is 86.4 Å². The number of carbonyl (C=O) groups is 4. The van der Waals surface area contributed by atoms with Crippen LogP contribution in [0.3, 0.4) is 0 Å². The van der Waals surface area contributed by atoms with Gasteiger partial charge in [0, 0.05) is 0 Å². The molecule has 113 heavy (non-hydrogen) atoms. The van der Waals surface area contributed by atoms with E-state index in [0.717, 1.165) is 113 Å². The molecule has 0 radical (unpaired) electrons. The van der Waals surface area contributed by atoms with Crippen molar-refractivity contribution < 1.29 is 64.1 Å². The largest absolute Gasteiger partial charge is 2.00 e. The molecule has 644 valence electrons. The second-order valence-electron chi connectivity index (χ2n) is 31.4. The molecule has 0 saturated carbocycles. The summed E-state index contributed by atoms with van der Waals surface area (Å²) >= 11 is 0.